The first-order valence-corrected chi connectivity index (χ1v) is 11.5. The molecule has 4 rings (SSSR count). The predicted molar refractivity (Wildman–Crippen MR) is 134 cm³/mol. The molecule has 34 heavy (non-hydrogen) atoms. The smallest absolute Gasteiger partial charge is 0.243 e. The topological polar surface area (TPSA) is 125 Å². The van der Waals surface area contributed by atoms with E-state index in [0.29, 0.717) is 25.2 Å². The summed E-state index contributed by atoms with van der Waals surface area (Å²) in [4.78, 5) is 18.5. The van der Waals surface area contributed by atoms with Crippen molar-refractivity contribution in [3.05, 3.63) is 83.9 Å². The maximum atomic E-state index is 13.2. The molecule has 3 aromatic rings. The van der Waals surface area contributed by atoms with Gasteiger partial charge in [0.15, 0.2) is 0 Å². The average molecular weight is 525 g/mol. The molecule has 9 nitrogen and oxygen atoms in total. The first kappa shape index (κ1) is 27.3. The number of nitrogens with one attached hydrogen (secondary N) is 1. The number of imidazole rings is 1. The van der Waals surface area contributed by atoms with E-state index in [4.69, 9.17) is 11.1 Å². The summed E-state index contributed by atoms with van der Waals surface area (Å²) in [5.74, 6) is -0.259. The number of rotatable bonds is 7. The lowest BCUT2D eigenvalue weighted by Gasteiger charge is -2.33. The second-order valence-corrected chi connectivity index (χ2v) is 9.58. The van der Waals surface area contributed by atoms with Crippen LogP contribution in [0.3, 0.4) is 0 Å². The van der Waals surface area contributed by atoms with Crippen molar-refractivity contribution in [3.63, 3.8) is 0 Å². The van der Waals surface area contributed by atoms with Gasteiger partial charge in [-0.2, -0.15) is 4.31 Å². The number of nitrogen functional groups attached to an aromatic ring is 1. The average Bonchev–Trinajstić information content (AvgIpc) is 3.28. The lowest BCUT2D eigenvalue weighted by Crippen LogP contribution is -2.51. The molecule has 12 heteroatoms. The minimum atomic E-state index is -3.78. The summed E-state index contributed by atoms with van der Waals surface area (Å²) in [6, 6.07) is 13.9. The van der Waals surface area contributed by atoms with E-state index in [0.717, 1.165) is 11.1 Å². The highest BCUT2D eigenvalue weighted by Crippen LogP contribution is 2.21. The Kier molecular flexibility index (Phi) is 9.22. The first-order valence-electron chi connectivity index (χ1n) is 10.1. The highest BCUT2D eigenvalue weighted by molar-refractivity contribution is 7.89. The van der Waals surface area contributed by atoms with Gasteiger partial charge in [0.05, 0.1) is 17.8 Å². The molecule has 0 radical (unpaired) electrons. The van der Waals surface area contributed by atoms with Crippen molar-refractivity contribution in [2.45, 2.75) is 18.0 Å². The van der Waals surface area contributed by atoms with Crippen LogP contribution in [0, 0.1) is 5.41 Å². The van der Waals surface area contributed by atoms with Crippen molar-refractivity contribution in [1.82, 2.24) is 18.8 Å². The van der Waals surface area contributed by atoms with Gasteiger partial charge < -0.3 is 15.2 Å². The molecule has 0 aliphatic carbocycles. The number of amides is 1. The molecule has 0 saturated carbocycles. The van der Waals surface area contributed by atoms with Gasteiger partial charge in [0.25, 0.3) is 0 Å². The number of aromatic nitrogens is 2. The van der Waals surface area contributed by atoms with Crippen LogP contribution in [0.25, 0.3) is 0 Å². The molecular formula is C22H26Cl2N6O3S. The summed E-state index contributed by atoms with van der Waals surface area (Å²) >= 11 is 0. The standard InChI is InChI=1S/C22H24N6O3S.2ClH/c23-22(24)19-6-4-17(5-7-19)14-27-10-11-28(15-21(27)29)32(30,31)20-3-1-2-18(12-20)13-26-9-8-25-16-26;;/h1-9,12,16H,10-11,13-15H2,(H3,23,24);2*1H. The molecule has 2 heterocycles. The third-order valence-corrected chi connectivity index (χ3v) is 7.22. The number of nitrogens with zero attached hydrogens (tertiary/aromatic N) is 4. The monoisotopic (exact) mass is 524 g/mol. The Morgan fingerprint density at radius 1 is 1.03 bits per heavy atom. The number of carbonyl (C=O) groups is 1. The summed E-state index contributed by atoms with van der Waals surface area (Å²) < 4.78 is 29.4. The van der Waals surface area contributed by atoms with E-state index in [1.165, 1.54) is 4.31 Å². The van der Waals surface area contributed by atoms with Gasteiger partial charge in [-0.05, 0) is 23.3 Å². The van der Waals surface area contributed by atoms with E-state index in [9.17, 15) is 13.2 Å². The maximum Gasteiger partial charge on any atom is 0.243 e. The molecule has 0 atom stereocenters. The van der Waals surface area contributed by atoms with E-state index in [-0.39, 0.29) is 54.5 Å². The number of hydrogen-bond acceptors (Lipinski definition) is 5. The van der Waals surface area contributed by atoms with Crippen LogP contribution < -0.4 is 5.73 Å². The van der Waals surface area contributed by atoms with Crippen molar-refractivity contribution >= 4 is 46.6 Å². The van der Waals surface area contributed by atoms with Gasteiger partial charge in [0.2, 0.25) is 15.9 Å². The Labute approximate surface area is 211 Å². The summed E-state index contributed by atoms with van der Waals surface area (Å²) in [5, 5.41) is 7.45. The van der Waals surface area contributed by atoms with Crippen molar-refractivity contribution < 1.29 is 13.2 Å². The number of nitrogens with two attached hydrogens (primary N) is 1. The zero-order valence-electron chi connectivity index (χ0n) is 18.2. The summed E-state index contributed by atoms with van der Waals surface area (Å²) in [6.07, 6.45) is 5.16. The van der Waals surface area contributed by atoms with Gasteiger partial charge in [0, 0.05) is 44.1 Å². The molecular weight excluding hydrogens is 499 g/mol. The van der Waals surface area contributed by atoms with Crippen LogP contribution in [-0.4, -0.2) is 58.6 Å². The Morgan fingerprint density at radius 3 is 2.38 bits per heavy atom. The summed E-state index contributed by atoms with van der Waals surface area (Å²) in [5.41, 5.74) is 7.82. The van der Waals surface area contributed by atoms with Crippen LogP contribution in [0.2, 0.25) is 0 Å². The fourth-order valence-corrected chi connectivity index (χ4v) is 5.07. The van der Waals surface area contributed by atoms with Crippen LogP contribution >= 0.6 is 24.8 Å². The zero-order valence-corrected chi connectivity index (χ0v) is 20.7. The SMILES string of the molecule is Cl.Cl.N=C(N)c1ccc(CN2CCN(S(=O)(=O)c3cccc(Cn4ccnc4)c3)CC2=O)cc1. The van der Waals surface area contributed by atoms with Gasteiger partial charge in [0.1, 0.15) is 5.84 Å². The van der Waals surface area contributed by atoms with E-state index in [1.54, 1.807) is 47.8 Å². The molecule has 1 aromatic heterocycles. The van der Waals surface area contributed by atoms with Crippen LogP contribution in [-0.2, 0) is 27.9 Å². The number of hydrogen-bond donors (Lipinski definition) is 2. The second-order valence-electron chi connectivity index (χ2n) is 7.65. The molecule has 0 spiro atoms. The third kappa shape index (κ3) is 6.15. The van der Waals surface area contributed by atoms with Gasteiger partial charge in [-0.25, -0.2) is 13.4 Å². The number of carbonyl (C=O) groups excluding carboxylic acids is 1. The quantitative estimate of drug-likeness (QED) is 0.361. The van der Waals surface area contributed by atoms with E-state index < -0.39 is 10.0 Å². The van der Waals surface area contributed by atoms with Gasteiger partial charge in [-0.1, -0.05) is 36.4 Å². The number of benzene rings is 2. The van der Waals surface area contributed by atoms with Crippen molar-refractivity contribution in [2.24, 2.45) is 5.73 Å². The third-order valence-electron chi connectivity index (χ3n) is 5.38. The van der Waals surface area contributed by atoms with Crippen molar-refractivity contribution in [1.29, 1.82) is 5.41 Å². The fourth-order valence-electron chi connectivity index (χ4n) is 3.61. The zero-order chi connectivity index (χ0) is 22.7. The minimum Gasteiger partial charge on any atom is -0.384 e. The van der Waals surface area contributed by atoms with E-state index in [1.807, 2.05) is 29.0 Å². The molecule has 3 N–H and O–H groups in total. The summed E-state index contributed by atoms with van der Waals surface area (Å²) in [6.45, 7) is 1.23. The first-order chi connectivity index (χ1) is 15.3. The van der Waals surface area contributed by atoms with Crippen LogP contribution in [0.5, 0.6) is 0 Å². The predicted octanol–water partition coefficient (Wildman–Crippen LogP) is 2.09. The van der Waals surface area contributed by atoms with E-state index >= 15 is 0 Å². The molecule has 1 saturated heterocycles. The van der Waals surface area contributed by atoms with Crippen molar-refractivity contribution in [2.75, 3.05) is 19.6 Å². The molecule has 2 aromatic carbocycles. The molecule has 1 amide bonds. The lowest BCUT2D eigenvalue weighted by atomic mass is 10.1. The van der Waals surface area contributed by atoms with Crippen LogP contribution in [0.1, 0.15) is 16.7 Å². The highest BCUT2D eigenvalue weighted by atomic mass is 35.5. The number of amidine groups is 1. The lowest BCUT2D eigenvalue weighted by molar-refractivity contribution is -0.134. The maximum absolute atomic E-state index is 13.2. The number of sulfonamides is 1. The molecule has 1 fully saturated rings. The Hall–Kier alpha value is -2.92. The Bertz CT molecular complexity index is 1230. The van der Waals surface area contributed by atoms with Gasteiger partial charge in [-0.3, -0.25) is 10.2 Å². The van der Waals surface area contributed by atoms with E-state index in [2.05, 4.69) is 4.98 Å². The molecule has 1 aliphatic heterocycles. The number of piperazine rings is 1. The Morgan fingerprint density at radius 2 is 1.76 bits per heavy atom. The largest absolute Gasteiger partial charge is 0.384 e. The normalized spacial score (nSPS) is 14.2. The summed E-state index contributed by atoms with van der Waals surface area (Å²) in [7, 11) is -3.78. The second kappa shape index (κ2) is 11.5. The van der Waals surface area contributed by atoms with Gasteiger partial charge in [-0.15, -0.1) is 24.8 Å². The highest BCUT2D eigenvalue weighted by Gasteiger charge is 2.32. The van der Waals surface area contributed by atoms with Crippen molar-refractivity contribution in [3.8, 4) is 0 Å². The molecule has 182 valence electrons. The minimum absolute atomic E-state index is 0. The molecule has 1 aliphatic rings. The number of halogens is 2. The molecule has 0 bridgehead atoms. The Balaban J connectivity index is 0.00000204. The van der Waals surface area contributed by atoms with Gasteiger partial charge >= 0.3 is 0 Å². The fraction of sp³-hybridized carbons (Fsp3) is 0.227. The molecule has 0 unspecified atom stereocenters. The van der Waals surface area contributed by atoms with Crippen LogP contribution in [0.4, 0.5) is 0 Å². The van der Waals surface area contributed by atoms with Crippen LogP contribution in [0.15, 0.2) is 72.1 Å².